The van der Waals surface area contributed by atoms with Crippen LogP contribution in [0.5, 0.6) is 0 Å². The van der Waals surface area contributed by atoms with Gasteiger partial charge in [-0.05, 0) is 0 Å². The number of hydrogen-bond donors (Lipinski definition) is 3. The van der Waals surface area contributed by atoms with Gasteiger partial charge in [0.2, 0.25) is 0 Å². The molecule has 0 aromatic heterocycles. The summed E-state index contributed by atoms with van der Waals surface area (Å²) in [6.07, 6.45) is 3.83. The molecule has 170 valence electrons. The number of hydrazone groups is 1. The Morgan fingerprint density at radius 3 is 2.66 bits per heavy atom. The summed E-state index contributed by atoms with van der Waals surface area (Å²) in [5.41, 5.74) is 11.0. The van der Waals surface area contributed by atoms with Gasteiger partial charge in [0, 0.05) is 0 Å². The Morgan fingerprint density at radius 1 is 1.16 bits per heavy atom. The number of likely N-dealkylation sites (tertiary alicyclic amines) is 1. The molecule has 32 heavy (non-hydrogen) atoms. The van der Waals surface area contributed by atoms with E-state index in [1.807, 2.05) is 12.1 Å². The molecule has 2 aromatic carbocycles. The molecule has 2 aliphatic heterocycles. The summed E-state index contributed by atoms with van der Waals surface area (Å²) < 4.78 is 1.44. The predicted molar refractivity (Wildman–Crippen MR) is 122 cm³/mol. The maximum absolute atomic E-state index is 13.8. The van der Waals surface area contributed by atoms with Crippen molar-refractivity contribution in [2.75, 3.05) is 11.5 Å². The summed E-state index contributed by atoms with van der Waals surface area (Å²) in [5, 5.41) is 4.96. The molecule has 5 rings (SSSR count). The Balaban J connectivity index is 1.55. The van der Waals surface area contributed by atoms with Crippen LogP contribution >= 0.6 is 11.6 Å². The van der Waals surface area contributed by atoms with Crippen molar-refractivity contribution in [3.8, 4) is 0 Å². The van der Waals surface area contributed by atoms with Gasteiger partial charge in [0.25, 0.3) is 0 Å². The van der Waals surface area contributed by atoms with Crippen LogP contribution in [0.1, 0.15) is 48.8 Å². The number of nitrogens with zero attached hydrogens (tertiary/aromatic N) is 2. The zero-order chi connectivity index (χ0) is 22.1. The Kier molecular flexibility index (Phi) is 6.57. The average molecular weight is 565 g/mol. The molecule has 6 nitrogen and oxygen atoms in total. The predicted octanol–water partition coefficient (Wildman–Crippen LogP) is 0.628. The van der Waals surface area contributed by atoms with E-state index in [1.54, 1.807) is 0 Å². The normalized spacial score (nSPS) is 25.4. The van der Waals surface area contributed by atoms with Gasteiger partial charge in [-0.2, -0.15) is 0 Å². The van der Waals surface area contributed by atoms with Crippen molar-refractivity contribution in [1.29, 1.82) is 0 Å². The molecule has 8 heteroatoms. The first-order chi connectivity index (χ1) is 15.6. The van der Waals surface area contributed by atoms with E-state index in [9.17, 15) is 4.79 Å². The van der Waals surface area contributed by atoms with Gasteiger partial charge in [0.15, 0.2) is 0 Å². The summed E-state index contributed by atoms with van der Waals surface area (Å²) in [4.78, 5) is 18.3. The van der Waals surface area contributed by atoms with Crippen LogP contribution in [0.2, 0.25) is 5.02 Å². The van der Waals surface area contributed by atoms with Gasteiger partial charge in [-0.25, -0.2) is 0 Å². The number of benzene rings is 2. The van der Waals surface area contributed by atoms with Crippen LogP contribution in [0.15, 0.2) is 53.6 Å². The van der Waals surface area contributed by atoms with E-state index in [-0.39, 0.29) is 45.0 Å². The van der Waals surface area contributed by atoms with E-state index in [0.717, 1.165) is 23.8 Å². The first-order valence-electron chi connectivity index (χ1n) is 11.1. The third kappa shape index (κ3) is 4.75. The zero-order valence-electron chi connectivity index (χ0n) is 18.0. The minimum atomic E-state index is -0.102. The monoisotopic (exact) mass is 564 g/mol. The van der Waals surface area contributed by atoms with Crippen molar-refractivity contribution in [2.45, 2.75) is 37.6 Å². The van der Waals surface area contributed by atoms with E-state index >= 15 is 0 Å². The second-order valence-corrected chi connectivity index (χ2v) is 11.6. The third-order valence-corrected chi connectivity index (χ3v) is 8.81. The van der Waals surface area contributed by atoms with Gasteiger partial charge in [0.1, 0.15) is 0 Å². The first-order valence-corrected chi connectivity index (χ1v) is 14.7. The summed E-state index contributed by atoms with van der Waals surface area (Å²) in [5.74, 6) is 1.77. The fraction of sp³-hybridized carbons (Fsp3) is 0.417. The first kappa shape index (κ1) is 22.0. The van der Waals surface area contributed by atoms with Gasteiger partial charge < -0.3 is 0 Å². The Morgan fingerprint density at radius 2 is 1.97 bits per heavy atom. The quantitative estimate of drug-likeness (QED) is 0.341. The van der Waals surface area contributed by atoms with Crippen molar-refractivity contribution in [3.63, 3.8) is 0 Å². The summed E-state index contributed by atoms with van der Waals surface area (Å²) in [6.45, 7) is 0.829. The minimum absolute atomic E-state index is 0.00459. The van der Waals surface area contributed by atoms with Crippen LogP contribution in [0, 0.1) is 15.4 Å². The Labute approximate surface area is 204 Å². The molecule has 3 aliphatic rings. The van der Waals surface area contributed by atoms with E-state index in [1.165, 1.54) is 27.5 Å². The molecule has 1 saturated heterocycles. The average Bonchev–Trinajstić information content (AvgIpc) is 3.49. The maximum atomic E-state index is 13.8. The number of carbonyl (C=O) groups excluding carboxylic acids is 1. The Bertz CT molecular complexity index is 1010. The number of amidine groups is 1. The Hall–Kier alpha value is -1.84. The zero-order valence-corrected chi connectivity index (χ0v) is 20.9. The molecule has 1 amide bonds. The van der Waals surface area contributed by atoms with Crippen LogP contribution in [0.25, 0.3) is 0 Å². The molecule has 1 aliphatic carbocycles. The number of nitrogens with one attached hydrogen (secondary N) is 3. The van der Waals surface area contributed by atoms with Crippen molar-refractivity contribution >= 4 is 23.3 Å². The van der Waals surface area contributed by atoms with Gasteiger partial charge in [-0.3, -0.25) is 0 Å². The third-order valence-electron chi connectivity index (χ3n) is 6.64. The number of amides is 1. The van der Waals surface area contributed by atoms with E-state index < -0.39 is 0 Å². The second kappa shape index (κ2) is 9.57. The molecule has 2 aromatic rings. The van der Waals surface area contributed by atoms with Crippen molar-refractivity contribution < 1.29 is 26.0 Å². The molecule has 3 unspecified atom stereocenters. The van der Waals surface area contributed by atoms with Crippen LogP contribution in [0.3, 0.4) is 0 Å². The molecule has 0 spiro atoms. The van der Waals surface area contributed by atoms with Crippen LogP contribution in [-0.2, 0) is 4.79 Å². The molecular formula is C24H28ClIN5O-. The topological polar surface area (TPSA) is 68.8 Å². The van der Waals surface area contributed by atoms with Crippen molar-refractivity contribution in [3.05, 3.63) is 68.3 Å². The van der Waals surface area contributed by atoms with Gasteiger partial charge in [-0.1, -0.05) is 0 Å². The van der Waals surface area contributed by atoms with Crippen molar-refractivity contribution in [1.82, 2.24) is 21.4 Å². The summed E-state index contributed by atoms with van der Waals surface area (Å²) >= 11 is 6.22. The van der Waals surface area contributed by atoms with Gasteiger partial charge >= 0.3 is 205 Å². The number of hydrogen-bond acceptors (Lipinski definition) is 5. The summed E-state index contributed by atoms with van der Waals surface area (Å²) in [7, 11) is 0. The second-order valence-electron chi connectivity index (χ2n) is 8.84. The molecule has 0 radical (unpaired) electrons. The number of hydrazine groups is 2. The van der Waals surface area contributed by atoms with E-state index in [2.05, 4.69) is 67.8 Å². The van der Waals surface area contributed by atoms with Gasteiger partial charge in [0.05, 0.1) is 0 Å². The number of alkyl halides is 1. The SMILES string of the molecule is C[I-]c1cccc(C2CC(CC3=NNNN3)C(=O)N(CC3CC3)C2c2ccc(Cl)cc2)c1. The standard InChI is InChI=1S/C24H28ClIN5O/c1-26-20-4-2-3-17(11-20)21-12-18(13-22-27-29-30-28-22)24(32)31(14-15-5-6-15)23(21)16-7-9-19(25)10-8-16/h2-4,7-11,15,18,21,23,29-30H,5-6,12-14H2,1H3,(H,27,28)/q-1. The van der Waals surface area contributed by atoms with Crippen LogP contribution in [-0.4, -0.2) is 28.1 Å². The molecular weight excluding hydrogens is 537 g/mol. The van der Waals surface area contributed by atoms with Crippen LogP contribution in [0.4, 0.5) is 0 Å². The number of piperidine rings is 1. The van der Waals surface area contributed by atoms with E-state index in [0.29, 0.717) is 12.3 Å². The number of halogens is 2. The molecule has 2 heterocycles. The molecule has 3 N–H and O–H groups in total. The molecule has 3 atom stereocenters. The summed E-state index contributed by atoms with van der Waals surface area (Å²) in [6, 6.07) is 17.1. The van der Waals surface area contributed by atoms with Crippen molar-refractivity contribution in [2.24, 2.45) is 16.9 Å². The fourth-order valence-corrected chi connectivity index (χ4v) is 6.24. The van der Waals surface area contributed by atoms with Gasteiger partial charge in [-0.15, -0.1) is 0 Å². The molecule has 1 saturated carbocycles. The van der Waals surface area contributed by atoms with Crippen LogP contribution < -0.4 is 37.7 Å². The molecule has 0 bridgehead atoms. The number of rotatable bonds is 7. The van der Waals surface area contributed by atoms with E-state index in [4.69, 9.17) is 11.6 Å². The molecule has 2 fully saturated rings. The fourth-order valence-electron chi connectivity index (χ4n) is 4.88. The number of carbonyl (C=O) groups is 1.